The number of carboxylic acid groups (broad SMARTS) is 1. The molecule has 0 radical (unpaired) electrons. The van der Waals surface area contributed by atoms with Crippen molar-refractivity contribution in [2.75, 3.05) is 13.7 Å². The standard InChI is InChI=1S/C13H19NO.C2HF3O2/c1-15-13-7-3-5-11-10(8-9-14)4-2-6-12(11)13;3-2(4,5)1(6)7/h3,5,7,10H,2,4,6,8-9,14H2,1H3;(H,6,7). The first-order valence-corrected chi connectivity index (χ1v) is 6.97. The van der Waals surface area contributed by atoms with Gasteiger partial charge in [0.15, 0.2) is 0 Å². The smallest absolute Gasteiger partial charge is 0.490 e. The van der Waals surface area contributed by atoms with Gasteiger partial charge in [0, 0.05) is 0 Å². The largest absolute Gasteiger partial charge is 0.496 e. The fourth-order valence-corrected chi connectivity index (χ4v) is 2.61. The fourth-order valence-electron chi connectivity index (χ4n) is 2.61. The molecule has 22 heavy (non-hydrogen) atoms. The molecule has 0 bridgehead atoms. The Bertz CT molecular complexity index is 503. The van der Waals surface area contributed by atoms with Crippen LogP contribution >= 0.6 is 0 Å². The van der Waals surface area contributed by atoms with Crippen molar-refractivity contribution in [1.29, 1.82) is 0 Å². The molecule has 0 aromatic heterocycles. The molecule has 0 saturated carbocycles. The molecule has 7 heteroatoms. The van der Waals surface area contributed by atoms with Crippen molar-refractivity contribution < 1.29 is 27.8 Å². The van der Waals surface area contributed by atoms with Gasteiger partial charge in [-0.25, -0.2) is 4.79 Å². The quantitative estimate of drug-likeness (QED) is 0.898. The van der Waals surface area contributed by atoms with Gasteiger partial charge in [-0.15, -0.1) is 0 Å². The van der Waals surface area contributed by atoms with E-state index in [4.69, 9.17) is 20.4 Å². The van der Waals surface area contributed by atoms with E-state index in [1.54, 1.807) is 7.11 Å². The molecule has 0 heterocycles. The van der Waals surface area contributed by atoms with E-state index < -0.39 is 12.1 Å². The number of nitrogens with two attached hydrogens (primary N) is 1. The van der Waals surface area contributed by atoms with Crippen molar-refractivity contribution in [2.24, 2.45) is 5.73 Å². The lowest BCUT2D eigenvalue weighted by Crippen LogP contribution is -2.21. The molecule has 0 aliphatic heterocycles. The van der Waals surface area contributed by atoms with Crippen molar-refractivity contribution in [3.63, 3.8) is 0 Å². The highest BCUT2D eigenvalue weighted by Gasteiger charge is 2.38. The van der Waals surface area contributed by atoms with Gasteiger partial charge < -0.3 is 15.6 Å². The zero-order chi connectivity index (χ0) is 16.8. The van der Waals surface area contributed by atoms with Crippen molar-refractivity contribution in [3.05, 3.63) is 29.3 Å². The first-order chi connectivity index (χ1) is 10.3. The summed E-state index contributed by atoms with van der Waals surface area (Å²) in [5.41, 5.74) is 8.53. The van der Waals surface area contributed by atoms with Crippen LogP contribution < -0.4 is 10.5 Å². The van der Waals surface area contributed by atoms with Crippen LogP contribution in [0.4, 0.5) is 13.2 Å². The summed E-state index contributed by atoms with van der Waals surface area (Å²) >= 11 is 0. The predicted molar refractivity (Wildman–Crippen MR) is 76.0 cm³/mol. The molecular formula is C15H20F3NO3. The molecule has 1 aliphatic carbocycles. The first kappa shape index (κ1) is 18.3. The van der Waals surface area contributed by atoms with E-state index in [-0.39, 0.29) is 0 Å². The highest BCUT2D eigenvalue weighted by atomic mass is 19.4. The summed E-state index contributed by atoms with van der Waals surface area (Å²) in [6.07, 6.45) is -0.296. The minimum atomic E-state index is -5.08. The van der Waals surface area contributed by atoms with E-state index in [9.17, 15) is 13.2 Å². The number of aliphatic carboxylic acids is 1. The van der Waals surface area contributed by atoms with Gasteiger partial charge in [-0.3, -0.25) is 0 Å². The molecule has 1 unspecified atom stereocenters. The van der Waals surface area contributed by atoms with Gasteiger partial charge in [-0.05, 0) is 55.3 Å². The Labute approximate surface area is 127 Å². The van der Waals surface area contributed by atoms with E-state index in [1.807, 2.05) is 0 Å². The number of methoxy groups -OCH3 is 1. The topological polar surface area (TPSA) is 72.5 Å². The first-order valence-electron chi connectivity index (χ1n) is 6.97. The van der Waals surface area contributed by atoms with Gasteiger partial charge in [-0.1, -0.05) is 12.1 Å². The molecule has 1 aromatic carbocycles. The molecule has 0 spiro atoms. The SMILES string of the molecule is COc1cccc2c1CCCC2CCN.O=C(O)C(F)(F)F. The molecule has 1 aliphatic rings. The van der Waals surface area contributed by atoms with Crippen LogP contribution in [-0.2, 0) is 11.2 Å². The lowest BCUT2D eigenvalue weighted by Gasteiger charge is -2.26. The number of alkyl halides is 3. The third-order valence-corrected chi connectivity index (χ3v) is 3.57. The second kappa shape index (κ2) is 8.03. The summed E-state index contributed by atoms with van der Waals surface area (Å²) in [6, 6.07) is 6.38. The minimum absolute atomic E-state index is 0.647. The molecule has 2 rings (SSSR count). The number of fused-ring (bicyclic) bond motifs is 1. The maximum Gasteiger partial charge on any atom is 0.490 e. The van der Waals surface area contributed by atoms with Crippen LogP contribution in [0.5, 0.6) is 5.75 Å². The Kier molecular flexibility index (Phi) is 6.67. The number of rotatable bonds is 3. The normalized spacial score (nSPS) is 17.0. The third kappa shape index (κ3) is 4.91. The predicted octanol–water partition coefficient (Wildman–Crippen LogP) is 3.10. The molecule has 124 valence electrons. The van der Waals surface area contributed by atoms with Crippen LogP contribution in [0.2, 0.25) is 0 Å². The highest BCUT2D eigenvalue weighted by Crippen LogP contribution is 2.37. The third-order valence-electron chi connectivity index (χ3n) is 3.57. The van der Waals surface area contributed by atoms with Crippen LogP contribution in [0.25, 0.3) is 0 Å². The van der Waals surface area contributed by atoms with Crippen LogP contribution in [0.15, 0.2) is 18.2 Å². The van der Waals surface area contributed by atoms with Crippen molar-refractivity contribution >= 4 is 5.97 Å². The maximum atomic E-state index is 10.6. The second-order valence-electron chi connectivity index (χ2n) is 5.00. The van der Waals surface area contributed by atoms with Gasteiger partial charge in [0.05, 0.1) is 7.11 Å². The van der Waals surface area contributed by atoms with E-state index in [2.05, 4.69) is 18.2 Å². The number of halogens is 3. The fraction of sp³-hybridized carbons (Fsp3) is 0.533. The van der Waals surface area contributed by atoms with Crippen LogP contribution in [-0.4, -0.2) is 30.9 Å². The number of carbonyl (C=O) groups is 1. The van der Waals surface area contributed by atoms with Crippen molar-refractivity contribution in [2.45, 2.75) is 37.8 Å². The lowest BCUT2D eigenvalue weighted by atomic mass is 9.81. The van der Waals surface area contributed by atoms with Crippen molar-refractivity contribution in [3.8, 4) is 5.75 Å². The zero-order valence-electron chi connectivity index (χ0n) is 12.3. The van der Waals surface area contributed by atoms with Gasteiger partial charge in [0.25, 0.3) is 0 Å². The van der Waals surface area contributed by atoms with E-state index in [0.29, 0.717) is 5.92 Å². The Hall–Kier alpha value is -1.76. The Morgan fingerprint density at radius 3 is 2.59 bits per heavy atom. The number of hydrogen-bond donors (Lipinski definition) is 2. The summed E-state index contributed by atoms with van der Waals surface area (Å²) in [7, 11) is 1.75. The Morgan fingerprint density at radius 1 is 1.45 bits per heavy atom. The molecule has 0 fully saturated rings. The lowest BCUT2D eigenvalue weighted by molar-refractivity contribution is -0.192. The van der Waals surface area contributed by atoms with Gasteiger partial charge in [0.2, 0.25) is 0 Å². The summed E-state index contributed by atoms with van der Waals surface area (Å²) in [5, 5.41) is 7.12. The molecule has 0 saturated heterocycles. The minimum Gasteiger partial charge on any atom is -0.496 e. The van der Waals surface area contributed by atoms with E-state index in [1.165, 1.54) is 24.0 Å². The highest BCUT2D eigenvalue weighted by molar-refractivity contribution is 5.73. The Morgan fingerprint density at radius 2 is 2.09 bits per heavy atom. The summed E-state index contributed by atoms with van der Waals surface area (Å²) in [5.74, 6) is -1.06. The molecule has 3 N–H and O–H groups in total. The van der Waals surface area contributed by atoms with E-state index >= 15 is 0 Å². The number of carboxylic acids is 1. The Balaban J connectivity index is 0.000000295. The van der Waals surface area contributed by atoms with Gasteiger partial charge in [-0.2, -0.15) is 13.2 Å². The summed E-state index contributed by atoms with van der Waals surface area (Å²) in [6.45, 7) is 0.779. The van der Waals surface area contributed by atoms with Crippen LogP contribution in [0, 0.1) is 0 Å². The molecule has 0 amide bonds. The average Bonchev–Trinajstić information content (AvgIpc) is 2.47. The second-order valence-corrected chi connectivity index (χ2v) is 5.00. The van der Waals surface area contributed by atoms with Crippen molar-refractivity contribution in [1.82, 2.24) is 0 Å². The number of hydrogen-bond acceptors (Lipinski definition) is 3. The van der Waals surface area contributed by atoms with Gasteiger partial charge in [0.1, 0.15) is 5.75 Å². The number of benzene rings is 1. The average molecular weight is 319 g/mol. The van der Waals surface area contributed by atoms with E-state index in [0.717, 1.165) is 25.1 Å². The summed E-state index contributed by atoms with van der Waals surface area (Å²) < 4.78 is 37.1. The monoisotopic (exact) mass is 319 g/mol. The maximum absolute atomic E-state index is 10.6. The van der Waals surface area contributed by atoms with Crippen LogP contribution in [0.3, 0.4) is 0 Å². The molecule has 1 aromatic rings. The summed E-state index contributed by atoms with van der Waals surface area (Å²) in [4.78, 5) is 8.90. The number of ether oxygens (including phenoxy) is 1. The molecule has 1 atom stereocenters. The van der Waals surface area contributed by atoms with Crippen LogP contribution in [0.1, 0.15) is 36.3 Å². The van der Waals surface area contributed by atoms with Gasteiger partial charge >= 0.3 is 12.1 Å². The molecule has 4 nitrogen and oxygen atoms in total. The zero-order valence-corrected chi connectivity index (χ0v) is 12.3. The molecular weight excluding hydrogens is 299 g/mol.